The number of hydrogen-bond acceptors (Lipinski definition) is 3. The highest BCUT2D eigenvalue weighted by Crippen LogP contribution is 2.22. The van der Waals surface area contributed by atoms with E-state index in [1.165, 1.54) is 0 Å². The van der Waals surface area contributed by atoms with Crippen molar-refractivity contribution < 1.29 is 0 Å². The molecule has 1 aromatic heterocycles. The second-order valence-corrected chi connectivity index (χ2v) is 5.22. The Kier molecular flexibility index (Phi) is 3.24. The van der Waals surface area contributed by atoms with Gasteiger partial charge in [0.25, 0.3) is 0 Å². The van der Waals surface area contributed by atoms with Gasteiger partial charge in [-0.05, 0) is 42.8 Å². The van der Waals surface area contributed by atoms with Crippen LogP contribution in [0.5, 0.6) is 0 Å². The van der Waals surface area contributed by atoms with Crippen molar-refractivity contribution in [3.63, 3.8) is 0 Å². The molecule has 1 atom stereocenters. The quantitative estimate of drug-likeness (QED) is 0.638. The summed E-state index contributed by atoms with van der Waals surface area (Å²) in [6.07, 6.45) is 0. The second kappa shape index (κ2) is 5.06. The van der Waals surface area contributed by atoms with Gasteiger partial charge in [0.1, 0.15) is 0 Å². The maximum atomic E-state index is 5.89. The number of nitrogen functional groups attached to an aromatic ring is 1. The molecule has 0 aliphatic heterocycles. The first-order chi connectivity index (χ1) is 9.61. The summed E-state index contributed by atoms with van der Waals surface area (Å²) < 4.78 is 0. The van der Waals surface area contributed by atoms with Crippen molar-refractivity contribution in [1.82, 2.24) is 9.97 Å². The first-order valence-electron chi connectivity index (χ1n) is 6.39. The molecule has 1 heterocycles. The van der Waals surface area contributed by atoms with Gasteiger partial charge in [-0.25, -0.2) is 4.98 Å². The summed E-state index contributed by atoms with van der Waals surface area (Å²) in [6.45, 7) is 2.07. The van der Waals surface area contributed by atoms with Crippen LogP contribution in [0.4, 0.5) is 11.6 Å². The van der Waals surface area contributed by atoms with E-state index in [0.29, 0.717) is 0 Å². The molecule has 0 amide bonds. The molecule has 0 bridgehead atoms. The zero-order valence-electron chi connectivity index (χ0n) is 11.0. The first kappa shape index (κ1) is 12.8. The Bertz CT molecular complexity index is 733. The Labute approximate surface area is 122 Å². The monoisotopic (exact) mass is 286 g/mol. The van der Waals surface area contributed by atoms with Crippen LogP contribution in [0.1, 0.15) is 18.5 Å². The lowest BCUT2D eigenvalue weighted by Crippen LogP contribution is -2.07. The van der Waals surface area contributed by atoms with Crippen molar-refractivity contribution >= 4 is 34.3 Å². The van der Waals surface area contributed by atoms with E-state index < -0.39 is 0 Å². The summed E-state index contributed by atoms with van der Waals surface area (Å²) >= 11 is 5.89. The smallest absolute Gasteiger partial charge is 0.201 e. The Balaban J connectivity index is 1.83. The Morgan fingerprint density at radius 1 is 1.20 bits per heavy atom. The molecule has 4 nitrogen and oxygen atoms in total. The average molecular weight is 287 g/mol. The van der Waals surface area contributed by atoms with Crippen LogP contribution in [0.2, 0.25) is 5.02 Å². The van der Waals surface area contributed by atoms with Gasteiger partial charge in [0, 0.05) is 10.7 Å². The van der Waals surface area contributed by atoms with Gasteiger partial charge in [0.15, 0.2) is 0 Å². The summed E-state index contributed by atoms with van der Waals surface area (Å²) in [5, 5.41) is 4.07. The van der Waals surface area contributed by atoms with Gasteiger partial charge in [-0.3, -0.25) is 0 Å². The fourth-order valence-corrected chi connectivity index (χ4v) is 2.26. The minimum atomic E-state index is 0.130. The molecule has 1 unspecified atom stereocenters. The van der Waals surface area contributed by atoms with Crippen molar-refractivity contribution in [3.8, 4) is 0 Å². The van der Waals surface area contributed by atoms with Crippen LogP contribution in [0.25, 0.3) is 11.0 Å². The summed E-state index contributed by atoms with van der Waals surface area (Å²) in [6, 6.07) is 13.5. The fraction of sp³-hybridized carbons (Fsp3) is 0.133. The van der Waals surface area contributed by atoms with Crippen molar-refractivity contribution in [3.05, 3.63) is 53.1 Å². The number of nitrogens with one attached hydrogen (secondary N) is 2. The average Bonchev–Trinajstić information content (AvgIpc) is 2.80. The number of aromatic amines is 1. The molecule has 0 aliphatic rings. The molecular weight excluding hydrogens is 272 g/mol. The molecule has 0 fully saturated rings. The highest BCUT2D eigenvalue weighted by Gasteiger charge is 2.08. The van der Waals surface area contributed by atoms with E-state index in [1.807, 2.05) is 42.5 Å². The topological polar surface area (TPSA) is 66.7 Å². The van der Waals surface area contributed by atoms with Crippen LogP contribution in [-0.2, 0) is 0 Å². The SMILES string of the molecule is CC(Nc1nc2ccc(N)cc2[nH]1)c1ccc(Cl)cc1. The lowest BCUT2D eigenvalue weighted by molar-refractivity contribution is 0.869. The highest BCUT2D eigenvalue weighted by molar-refractivity contribution is 6.30. The van der Waals surface area contributed by atoms with Crippen LogP contribution < -0.4 is 11.1 Å². The number of halogens is 1. The number of H-pyrrole nitrogens is 1. The summed E-state index contributed by atoms with van der Waals surface area (Å²) in [5.41, 5.74) is 9.45. The Morgan fingerprint density at radius 2 is 1.95 bits per heavy atom. The van der Waals surface area contributed by atoms with Gasteiger partial charge in [0.05, 0.1) is 17.1 Å². The van der Waals surface area contributed by atoms with Crippen molar-refractivity contribution in [2.75, 3.05) is 11.1 Å². The number of hydrogen-bond donors (Lipinski definition) is 3. The molecule has 0 aliphatic carbocycles. The van der Waals surface area contributed by atoms with Crippen molar-refractivity contribution in [2.45, 2.75) is 13.0 Å². The van der Waals surface area contributed by atoms with E-state index in [4.69, 9.17) is 17.3 Å². The summed E-state index contributed by atoms with van der Waals surface area (Å²) in [7, 11) is 0. The Hall–Kier alpha value is -2.20. The van der Waals surface area contributed by atoms with E-state index in [9.17, 15) is 0 Å². The third-order valence-corrected chi connectivity index (χ3v) is 3.48. The maximum absolute atomic E-state index is 5.89. The van der Waals surface area contributed by atoms with Crippen LogP contribution in [0.3, 0.4) is 0 Å². The molecule has 5 heteroatoms. The van der Waals surface area contributed by atoms with Gasteiger partial charge in [-0.15, -0.1) is 0 Å². The highest BCUT2D eigenvalue weighted by atomic mass is 35.5. The number of imidazole rings is 1. The third kappa shape index (κ3) is 2.56. The van der Waals surface area contributed by atoms with E-state index in [2.05, 4.69) is 22.2 Å². The summed E-state index contributed by atoms with van der Waals surface area (Å²) in [4.78, 5) is 7.71. The Morgan fingerprint density at radius 3 is 2.70 bits per heavy atom. The zero-order chi connectivity index (χ0) is 14.1. The van der Waals surface area contributed by atoms with Gasteiger partial charge in [-0.1, -0.05) is 23.7 Å². The number of aromatic nitrogens is 2. The third-order valence-electron chi connectivity index (χ3n) is 3.23. The molecule has 0 spiro atoms. The molecule has 2 aromatic carbocycles. The normalized spacial score (nSPS) is 12.5. The molecule has 0 radical (unpaired) electrons. The minimum Gasteiger partial charge on any atom is -0.399 e. The van der Waals surface area contributed by atoms with E-state index in [1.54, 1.807) is 0 Å². The zero-order valence-corrected chi connectivity index (χ0v) is 11.8. The minimum absolute atomic E-state index is 0.130. The number of rotatable bonds is 3. The second-order valence-electron chi connectivity index (χ2n) is 4.78. The van der Waals surface area contributed by atoms with Crippen LogP contribution in [-0.4, -0.2) is 9.97 Å². The molecule has 4 N–H and O–H groups in total. The summed E-state index contributed by atoms with van der Waals surface area (Å²) in [5.74, 6) is 0.730. The molecule has 102 valence electrons. The first-order valence-corrected chi connectivity index (χ1v) is 6.77. The van der Waals surface area contributed by atoms with Crippen LogP contribution >= 0.6 is 11.6 Å². The van der Waals surface area contributed by atoms with Gasteiger partial charge in [0.2, 0.25) is 5.95 Å². The number of nitrogens with zero attached hydrogens (tertiary/aromatic N) is 1. The van der Waals surface area contributed by atoms with Gasteiger partial charge >= 0.3 is 0 Å². The number of nitrogens with two attached hydrogens (primary N) is 1. The molecule has 3 aromatic rings. The number of anilines is 2. The molecule has 0 saturated carbocycles. The van der Waals surface area contributed by atoms with Crippen LogP contribution in [0.15, 0.2) is 42.5 Å². The number of fused-ring (bicyclic) bond motifs is 1. The van der Waals surface area contributed by atoms with Crippen molar-refractivity contribution in [2.24, 2.45) is 0 Å². The van der Waals surface area contributed by atoms with E-state index in [-0.39, 0.29) is 6.04 Å². The maximum Gasteiger partial charge on any atom is 0.201 e. The van der Waals surface area contributed by atoms with Gasteiger partial charge < -0.3 is 16.0 Å². The van der Waals surface area contributed by atoms with E-state index >= 15 is 0 Å². The molecular formula is C15H15ClN4. The largest absolute Gasteiger partial charge is 0.399 e. The standard InChI is InChI=1S/C15H15ClN4/c1-9(10-2-4-11(16)5-3-10)18-15-19-13-7-6-12(17)8-14(13)20-15/h2-9H,17H2,1H3,(H2,18,19,20). The number of benzene rings is 2. The lowest BCUT2D eigenvalue weighted by Gasteiger charge is -2.13. The predicted molar refractivity (Wildman–Crippen MR) is 84.0 cm³/mol. The predicted octanol–water partition coefficient (Wildman–Crippen LogP) is 3.97. The molecule has 3 rings (SSSR count). The van der Waals surface area contributed by atoms with Crippen LogP contribution in [0, 0.1) is 0 Å². The van der Waals surface area contributed by atoms with Gasteiger partial charge in [-0.2, -0.15) is 0 Å². The molecule has 0 saturated heterocycles. The molecule has 20 heavy (non-hydrogen) atoms. The lowest BCUT2D eigenvalue weighted by atomic mass is 10.1. The fourth-order valence-electron chi connectivity index (χ4n) is 2.14. The van der Waals surface area contributed by atoms with E-state index in [0.717, 1.165) is 33.3 Å². The van der Waals surface area contributed by atoms with Crippen molar-refractivity contribution in [1.29, 1.82) is 0 Å².